The van der Waals surface area contributed by atoms with Gasteiger partial charge in [0.1, 0.15) is 17.0 Å². The van der Waals surface area contributed by atoms with Crippen LogP contribution in [0.2, 0.25) is 5.15 Å². The van der Waals surface area contributed by atoms with Gasteiger partial charge in [-0.25, -0.2) is 4.98 Å². The molecule has 1 aromatic heterocycles. The van der Waals surface area contributed by atoms with Gasteiger partial charge in [0.15, 0.2) is 0 Å². The lowest BCUT2D eigenvalue weighted by molar-refractivity contribution is 0.0887. The Kier molecular flexibility index (Phi) is 3.92. The second kappa shape index (κ2) is 6.27. The Morgan fingerprint density at radius 3 is 2.64 bits per heavy atom. The van der Waals surface area contributed by atoms with Gasteiger partial charge in [-0.05, 0) is 54.6 Å². The maximum absolute atomic E-state index is 6.43. The van der Waals surface area contributed by atoms with Crippen molar-refractivity contribution in [3.63, 3.8) is 0 Å². The van der Waals surface area contributed by atoms with Crippen LogP contribution in [0.25, 0.3) is 0 Å². The number of nitrogens with one attached hydrogen (secondary N) is 1. The number of benzene rings is 1. The smallest absolute Gasteiger partial charge is 0.140 e. The molecule has 0 amide bonds. The van der Waals surface area contributed by atoms with E-state index in [1.165, 1.54) is 24.2 Å². The van der Waals surface area contributed by atoms with E-state index < -0.39 is 0 Å². The fraction of sp³-hybridized carbons (Fsp3) is 0.450. The van der Waals surface area contributed by atoms with E-state index in [1.807, 2.05) is 6.07 Å². The minimum absolute atomic E-state index is 0.0611. The van der Waals surface area contributed by atoms with Crippen LogP contribution in [0.5, 0.6) is 5.75 Å². The number of fused-ring (bicyclic) bond motifs is 2. The number of hydrogen-bond donors (Lipinski definition) is 1. The van der Waals surface area contributed by atoms with Crippen LogP contribution in [0.1, 0.15) is 17.2 Å². The first-order valence-electron chi connectivity index (χ1n) is 9.09. The highest BCUT2D eigenvalue weighted by Gasteiger charge is 2.44. The SMILES string of the molecule is Clc1ccc(O[C@@H]2c3ccccc3C[C@H]2N2C[C@H]3CNC[C@H]3C2)cn1. The van der Waals surface area contributed by atoms with E-state index in [-0.39, 0.29) is 6.10 Å². The molecule has 2 aromatic rings. The van der Waals surface area contributed by atoms with Crippen molar-refractivity contribution in [3.05, 3.63) is 58.9 Å². The van der Waals surface area contributed by atoms with Gasteiger partial charge in [0.25, 0.3) is 0 Å². The molecule has 4 nitrogen and oxygen atoms in total. The van der Waals surface area contributed by atoms with Gasteiger partial charge in [-0.3, -0.25) is 4.90 Å². The molecule has 1 aromatic carbocycles. The quantitative estimate of drug-likeness (QED) is 0.859. The molecule has 2 fully saturated rings. The predicted molar refractivity (Wildman–Crippen MR) is 98.0 cm³/mol. The van der Waals surface area contributed by atoms with Crippen molar-refractivity contribution in [1.29, 1.82) is 0 Å². The monoisotopic (exact) mass is 355 g/mol. The van der Waals surface area contributed by atoms with Crippen LogP contribution in [0.4, 0.5) is 0 Å². The zero-order valence-electron chi connectivity index (χ0n) is 14.1. The molecule has 0 spiro atoms. The van der Waals surface area contributed by atoms with Crippen molar-refractivity contribution in [1.82, 2.24) is 15.2 Å². The van der Waals surface area contributed by atoms with Crippen LogP contribution in [0.3, 0.4) is 0 Å². The Hall–Kier alpha value is -1.62. The zero-order chi connectivity index (χ0) is 16.8. The number of likely N-dealkylation sites (tertiary alicyclic amines) is 1. The van der Waals surface area contributed by atoms with E-state index in [0.717, 1.165) is 37.1 Å². The normalized spacial score (nSPS) is 31.1. The predicted octanol–water partition coefficient (Wildman–Crippen LogP) is 2.93. The number of halogens is 1. The van der Waals surface area contributed by atoms with Gasteiger partial charge in [0.05, 0.1) is 12.2 Å². The maximum Gasteiger partial charge on any atom is 0.140 e. The average molecular weight is 356 g/mol. The van der Waals surface area contributed by atoms with Crippen LogP contribution in [-0.4, -0.2) is 42.1 Å². The molecule has 3 heterocycles. The van der Waals surface area contributed by atoms with Gasteiger partial charge >= 0.3 is 0 Å². The first-order chi connectivity index (χ1) is 12.3. The lowest BCUT2D eigenvalue weighted by Gasteiger charge is -2.30. The number of aromatic nitrogens is 1. The number of nitrogens with zero attached hydrogens (tertiary/aromatic N) is 2. The molecular formula is C20H22ClN3O. The lowest BCUT2D eigenvalue weighted by Crippen LogP contribution is -2.40. The summed E-state index contributed by atoms with van der Waals surface area (Å²) in [4.78, 5) is 6.82. The van der Waals surface area contributed by atoms with Crippen LogP contribution in [0, 0.1) is 11.8 Å². The van der Waals surface area contributed by atoms with Crippen LogP contribution < -0.4 is 10.1 Å². The highest BCUT2D eigenvalue weighted by atomic mass is 35.5. The summed E-state index contributed by atoms with van der Waals surface area (Å²) in [5.74, 6) is 2.38. The zero-order valence-corrected chi connectivity index (χ0v) is 14.8. The minimum Gasteiger partial charge on any atom is -0.482 e. The molecule has 2 aliphatic heterocycles. The molecule has 0 unspecified atom stereocenters. The summed E-state index contributed by atoms with van der Waals surface area (Å²) in [7, 11) is 0. The number of rotatable bonds is 3. The third-order valence-electron chi connectivity index (χ3n) is 5.99. The van der Waals surface area contributed by atoms with E-state index in [9.17, 15) is 0 Å². The highest BCUT2D eigenvalue weighted by Crippen LogP contribution is 2.41. The first kappa shape index (κ1) is 15.6. The molecule has 0 saturated carbocycles. The fourth-order valence-corrected chi connectivity index (χ4v) is 4.85. The lowest BCUT2D eigenvalue weighted by atomic mass is 10.0. The molecule has 0 bridgehead atoms. The van der Waals surface area contributed by atoms with Crippen molar-refractivity contribution < 1.29 is 4.74 Å². The molecule has 4 atom stereocenters. The Labute approximate surface area is 153 Å². The van der Waals surface area contributed by atoms with Crippen molar-refractivity contribution in [2.45, 2.75) is 18.6 Å². The molecule has 1 N–H and O–H groups in total. The molecule has 5 heteroatoms. The first-order valence-corrected chi connectivity index (χ1v) is 9.46. The Morgan fingerprint density at radius 1 is 1.08 bits per heavy atom. The molecule has 1 aliphatic carbocycles. The molecule has 5 rings (SSSR count). The van der Waals surface area contributed by atoms with Gasteiger partial charge in [-0.15, -0.1) is 0 Å². The summed E-state index contributed by atoms with van der Waals surface area (Å²) in [6.07, 6.45) is 2.85. The molecule has 3 aliphatic rings. The van der Waals surface area contributed by atoms with Gasteiger partial charge in [0, 0.05) is 13.1 Å². The van der Waals surface area contributed by atoms with Crippen molar-refractivity contribution in [2.75, 3.05) is 26.2 Å². The third kappa shape index (κ3) is 2.82. The van der Waals surface area contributed by atoms with Gasteiger partial charge in [-0.1, -0.05) is 35.9 Å². The molecular weight excluding hydrogens is 334 g/mol. The Balaban J connectivity index is 1.42. The van der Waals surface area contributed by atoms with E-state index in [2.05, 4.69) is 39.5 Å². The molecule has 2 saturated heterocycles. The van der Waals surface area contributed by atoms with E-state index in [0.29, 0.717) is 11.2 Å². The number of ether oxygens (including phenoxy) is 1. The molecule has 0 radical (unpaired) electrons. The molecule has 25 heavy (non-hydrogen) atoms. The molecule has 130 valence electrons. The number of pyridine rings is 1. The Bertz CT molecular complexity index is 754. The third-order valence-corrected chi connectivity index (χ3v) is 6.21. The van der Waals surface area contributed by atoms with Crippen molar-refractivity contribution >= 4 is 11.6 Å². The summed E-state index contributed by atoms with van der Waals surface area (Å²) in [5, 5.41) is 4.03. The van der Waals surface area contributed by atoms with Gasteiger partial charge < -0.3 is 10.1 Å². The Morgan fingerprint density at radius 2 is 1.88 bits per heavy atom. The van der Waals surface area contributed by atoms with Crippen LogP contribution in [0.15, 0.2) is 42.6 Å². The topological polar surface area (TPSA) is 37.4 Å². The standard InChI is InChI=1S/C20H22ClN3O/c21-19-6-5-16(10-23-19)25-20-17-4-2-1-3-13(17)7-18(20)24-11-14-8-22-9-15(14)12-24/h1-6,10,14-15,18,20,22H,7-9,11-12H2/t14-,15+,18-,20-/m1/s1. The van der Waals surface area contributed by atoms with E-state index in [1.54, 1.807) is 12.3 Å². The summed E-state index contributed by atoms with van der Waals surface area (Å²) < 4.78 is 6.43. The largest absolute Gasteiger partial charge is 0.482 e. The maximum atomic E-state index is 6.43. The summed E-state index contributed by atoms with van der Waals surface area (Å²) in [6.45, 7) is 4.67. The average Bonchev–Trinajstić information content (AvgIpc) is 3.30. The van der Waals surface area contributed by atoms with E-state index in [4.69, 9.17) is 16.3 Å². The summed E-state index contributed by atoms with van der Waals surface area (Å²) in [6, 6.07) is 12.8. The summed E-state index contributed by atoms with van der Waals surface area (Å²) in [5.41, 5.74) is 2.73. The van der Waals surface area contributed by atoms with Crippen molar-refractivity contribution in [3.8, 4) is 5.75 Å². The second-order valence-corrected chi connectivity index (χ2v) is 7.84. The minimum atomic E-state index is 0.0611. The number of hydrogen-bond acceptors (Lipinski definition) is 4. The summed E-state index contributed by atoms with van der Waals surface area (Å²) >= 11 is 5.92. The highest BCUT2D eigenvalue weighted by molar-refractivity contribution is 6.29. The van der Waals surface area contributed by atoms with Crippen LogP contribution in [-0.2, 0) is 6.42 Å². The van der Waals surface area contributed by atoms with Crippen molar-refractivity contribution in [2.24, 2.45) is 11.8 Å². The fourth-order valence-electron chi connectivity index (χ4n) is 4.74. The second-order valence-electron chi connectivity index (χ2n) is 7.46. The van der Waals surface area contributed by atoms with Crippen LogP contribution >= 0.6 is 11.6 Å². The van der Waals surface area contributed by atoms with E-state index >= 15 is 0 Å². The van der Waals surface area contributed by atoms with Gasteiger partial charge in [-0.2, -0.15) is 0 Å². The van der Waals surface area contributed by atoms with Gasteiger partial charge in [0.2, 0.25) is 0 Å².